The van der Waals surface area contributed by atoms with Crippen LogP contribution in [0, 0.1) is 0 Å². The van der Waals surface area contributed by atoms with Gasteiger partial charge in [0.2, 0.25) is 0 Å². The van der Waals surface area contributed by atoms with Crippen molar-refractivity contribution in [1.29, 1.82) is 0 Å². The molecule has 0 aliphatic carbocycles. The Balaban J connectivity index is 2.93. The summed E-state index contributed by atoms with van der Waals surface area (Å²) >= 11 is 0. The van der Waals surface area contributed by atoms with E-state index in [9.17, 15) is 9.18 Å². The second kappa shape index (κ2) is 4.00. The number of alkyl halides is 1. The van der Waals surface area contributed by atoms with Crippen molar-refractivity contribution in [3.63, 3.8) is 0 Å². The van der Waals surface area contributed by atoms with E-state index in [1.807, 2.05) is 0 Å². The predicted octanol–water partition coefficient (Wildman–Crippen LogP) is 2.75. The van der Waals surface area contributed by atoms with E-state index in [1.165, 1.54) is 0 Å². The van der Waals surface area contributed by atoms with Crippen molar-refractivity contribution >= 4 is 5.78 Å². The molecule has 1 nitrogen and oxygen atoms in total. The van der Waals surface area contributed by atoms with Crippen molar-refractivity contribution in [2.24, 2.45) is 0 Å². The maximum absolute atomic E-state index is 12.2. The summed E-state index contributed by atoms with van der Waals surface area (Å²) in [5, 5.41) is 0. The predicted molar refractivity (Wildman–Crippen MR) is 45.9 cm³/mol. The highest BCUT2D eigenvalue weighted by Crippen LogP contribution is 2.08. The number of hydrogen-bond acceptors (Lipinski definition) is 1. The Labute approximate surface area is 71.2 Å². The number of carbonyl (C=O) groups excluding carboxylic acids is 1. The van der Waals surface area contributed by atoms with Gasteiger partial charge in [0.15, 0.2) is 5.78 Å². The van der Waals surface area contributed by atoms with E-state index in [4.69, 9.17) is 0 Å². The molecule has 1 aromatic carbocycles. The first-order valence-corrected chi connectivity index (χ1v) is 3.96. The van der Waals surface area contributed by atoms with Gasteiger partial charge in [0.05, 0.1) is 0 Å². The highest BCUT2D eigenvalue weighted by Gasteiger charge is 2.02. The molecule has 0 aromatic heterocycles. The minimum absolute atomic E-state index is 0.0605. The molecule has 1 aromatic rings. The van der Waals surface area contributed by atoms with Crippen molar-refractivity contribution in [2.75, 3.05) is 0 Å². The molecule has 12 heavy (non-hydrogen) atoms. The molecule has 0 amide bonds. The van der Waals surface area contributed by atoms with E-state index in [2.05, 4.69) is 0 Å². The normalized spacial score (nSPS) is 9.83. The fraction of sp³-hybridized carbons (Fsp3) is 0.300. The molecule has 0 heterocycles. The van der Waals surface area contributed by atoms with Crippen LogP contribution in [0.3, 0.4) is 0 Å². The smallest absolute Gasteiger partial charge is 0.162 e. The van der Waals surface area contributed by atoms with E-state index in [1.54, 1.807) is 31.2 Å². The zero-order valence-corrected chi connectivity index (χ0v) is 7.01. The van der Waals surface area contributed by atoms with Gasteiger partial charge in [-0.2, -0.15) is 0 Å². The maximum atomic E-state index is 12.2. The molecule has 0 radical (unpaired) electrons. The molecule has 0 saturated heterocycles. The lowest BCUT2D eigenvalue weighted by Gasteiger charge is -1.98. The second-order valence-electron chi connectivity index (χ2n) is 2.61. The SMILES string of the molecule is CCC(=O)c1cccc(CF)c1. The first-order valence-electron chi connectivity index (χ1n) is 3.96. The fourth-order valence-corrected chi connectivity index (χ4v) is 1.03. The summed E-state index contributed by atoms with van der Waals surface area (Å²) in [6, 6.07) is 6.70. The third kappa shape index (κ3) is 1.91. The van der Waals surface area contributed by atoms with Crippen molar-refractivity contribution in [3.05, 3.63) is 35.4 Å². The second-order valence-corrected chi connectivity index (χ2v) is 2.61. The van der Waals surface area contributed by atoms with Gasteiger partial charge in [-0.3, -0.25) is 4.79 Å². The zero-order valence-electron chi connectivity index (χ0n) is 7.01. The van der Waals surface area contributed by atoms with Gasteiger partial charge < -0.3 is 0 Å². The van der Waals surface area contributed by atoms with E-state index >= 15 is 0 Å². The summed E-state index contributed by atoms with van der Waals surface area (Å²) < 4.78 is 12.2. The van der Waals surface area contributed by atoms with Gasteiger partial charge in [0, 0.05) is 12.0 Å². The first-order chi connectivity index (χ1) is 5.77. The monoisotopic (exact) mass is 166 g/mol. The van der Waals surface area contributed by atoms with E-state index < -0.39 is 6.67 Å². The summed E-state index contributed by atoms with van der Waals surface area (Å²) in [6.45, 7) is 1.29. The van der Waals surface area contributed by atoms with E-state index in [0.717, 1.165) is 0 Å². The molecule has 0 unspecified atom stereocenters. The number of hydrogen-bond donors (Lipinski definition) is 0. The molecule has 0 spiro atoms. The van der Waals surface area contributed by atoms with Crippen LogP contribution in [0.1, 0.15) is 29.3 Å². The topological polar surface area (TPSA) is 17.1 Å². The molecular weight excluding hydrogens is 155 g/mol. The number of ketones is 1. The molecule has 1 rings (SSSR count). The van der Waals surface area contributed by atoms with E-state index in [-0.39, 0.29) is 5.78 Å². The van der Waals surface area contributed by atoms with E-state index in [0.29, 0.717) is 17.5 Å². The highest BCUT2D eigenvalue weighted by atomic mass is 19.1. The Bertz CT molecular complexity index is 281. The van der Waals surface area contributed by atoms with Gasteiger partial charge in [0.25, 0.3) is 0 Å². The maximum Gasteiger partial charge on any atom is 0.162 e. The largest absolute Gasteiger partial charge is 0.294 e. The third-order valence-electron chi connectivity index (χ3n) is 1.72. The van der Waals surface area contributed by atoms with Crippen LogP contribution in [0.2, 0.25) is 0 Å². The average molecular weight is 166 g/mol. The van der Waals surface area contributed by atoms with Crippen molar-refractivity contribution in [1.82, 2.24) is 0 Å². The van der Waals surface area contributed by atoms with Crippen molar-refractivity contribution in [3.8, 4) is 0 Å². The number of halogens is 1. The molecule has 0 N–H and O–H groups in total. The van der Waals surface area contributed by atoms with Gasteiger partial charge in [-0.05, 0) is 11.6 Å². The minimum atomic E-state index is -0.509. The van der Waals surface area contributed by atoms with Crippen LogP contribution in [0.5, 0.6) is 0 Å². The van der Waals surface area contributed by atoms with Gasteiger partial charge >= 0.3 is 0 Å². The number of benzene rings is 1. The zero-order chi connectivity index (χ0) is 8.97. The summed E-state index contributed by atoms with van der Waals surface area (Å²) in [5.41, 5.74) is 1.17. The lowest BCUT2D eigenvalue weighted by molar-refractivity contribution is 0.0988. The number of carbonyl (C=O) groups is 1. The number of Topliss-reactive ketones (excluding diaryl/α,β-unsaturated/α-hetero) is 1. The van der Waals surface area contributed by atoms with Crippen LogP contribution < -0.4 is 0 Å². The molecular formula is C10H11FO. The van der Waals surface area contributed by atoms with Crippen molar-refractivity contribution in [2.45, 2.75) is 20.0 Å². The Hall–Kier alpha value is -1.18. The Morgan fingerprint density at radius 2 is 2.25 bits per heavy atom. The highest BCUT2D eigenvalue weighted by molar-refractivity contribution is 5.95. The number of rotatable bonds is 3. The molecule has 64 valence electrons. The molecule has 0 atom stereocenters. The molecule has 0 aliphatic rings. The summed E-state index contributed by atoms with van der Waals surface area (Å²) in [4.78, 5) is 11.2. The third-order valence-corrected chi connectivity index (χ3v) is 1.72. The van der Waals surface area contributed by atoms with Gasteiger partial charge in [-0.15, -0.1) is 0 Å². The standard InChI is InChI=1S/C10H11FO/c1-2-10(12)9-5-3-4-8(6-9)7-11/h3-6H,2,7H2,1H3. The molecule has 0 bridgehead atoms. The summed E-state index contributed by atoms with van der Waals surface area (Å²) in [5.74, 6) is 0.0605. The lowest BCUT2D eigenvalue weighted by Crippen LogP contribution is -1.96. The molecule has 0 saturated carbocycles. The average Bonchev–Trinajstić information content (AvgIpc) is 2.17. The Kier molecular flexibility index (Phi) is 2.97. The fourth-order valence-electron chi connectivity index (χ4n) is 1.03. The molecule has 2 heteroatoms. The van der Waals surface area contributed by atoms with Crippen LogP contribution >= 0.6 is 0 Å². The Morgan fingerprint density at radius 3 is 2.83 bits per heavy atom. The van der Waals surface area contributed by atoms with Gasteiger partial charge in [-0.25, -0.2) is 4.39 Å². The summed E-state index contributed by atoms with van der Waals surface area (Å²) in [7, 11) is 0. The lowest BCUT2D eigenvalue weighted by atomic mass is 10.1. The van der Waals surface area contributed by atoms with Crippen LogP contribution in [-0.4, -0.2) is 5.78 Å². The quantitative estimate of drug-likeness (QED) is 0.631. The van der Waals surface area contributed by atoms with Crippen molar-refractivity contribution < 1.29 is 9.18 Å². The van der Waals surface area contributed by atoms with Crippen LogP contribution in [0.15, 0.2) is 24.3 Å². The summed E-state index contributed by atoms with van der Waals surface area (Å²) in [6.07, 6.45) is 0.468. The first kappa shape index (κ1) is 8.91. The van der Waals surface area contributed by atoms with Crippen LogP contribution in [0.4, 0.5) is 4.39 Å². The van der Waals surface area contributed by atoms with Crippen LogP contribution in [0.25, 0.3) is 0 Å². The Morgan fingerprint density at radius 1 is 1.50 bits per heavy atom. The molecule has 0 fully saturated rings. The molecule has 0 aliphatic heterocycles. The van der Waals surface area contributed by atoms with Gasteiger partial charge in [-0.1, -0.05) is 25.1 Å². The van der Waals surface area contributed by atoms with Gasteiger partial charge in [0.1, 0.15) is 6.67 Å². The van der Waals surface area contributed by atoms with Crippen LogP contribution in [-0.2, 0) is 6.67 Å². The minimum Gasteiger partial charge on any atom is -0.294 e.